The van der Waals surface area contributed by atoms with Crippen molar-refractivity contribution < 1.29 is 13.9 Å². The summed E-state index contributed by atoms with van der Waals surface area (Å²) in [4.78, 5) is 3.30. The molecule has 0 saturated carbocycles. The van der Waals surface area contributed by atoms with Crippen LogP contribution in [0.3, 0.4) is 0 Å². The second-order valence-electron chi connectivity index (χ2n) is 2.30. The molecular formula is C7H6ClF2NO. The van der Waals surface area contributed by atoms with Gasteiger partial charge in [0.15, 0.2) is 10.9 Å². The second-order valence-corrected chi connectivity index (χ2v) is 2.66. The molecule has 0 amide bonds. The van der Waals surface area contributed by atoms with Crippen molar-refractivity contribution in [2.45, 2.75) is 13.3 Å². The first kappa shape index (κ1) is 9.19. The highest BCUT2D eigenvalue weighted by Gasteiger charge is 2.13. The van der Waals surface area contributed by atoms with Gasteiger partial charge in [-0.05, 0) is 18.6 Å². The normalized spacial score (nSPS) is 10.8. The maximum atomic E-state index is 12.1. The second kappa shape index (κ2) is 3.23. The summed E-state index contributed by atoms with van der Waals surface area (Å²) in [7, 11) is 0. The Morgan fingerprint density at radius 1 is 1.58 bits per heavy atom. The number of hydrogen-bond donors (Lipinski definition) is 1. The van der Waals surface area contributed by atoms with Crippen LogP contribution in [-0.4, -0.2) is 10.1 Å². The third-order valence-electron chi connectivity index (χ3n) is 1.38. The molecule has 12 heavy (non-hydrogen) atoms. The summed E-state index contributed by atoms with van der Waals surface area (Å²) in [6, 6.07) is 1.10. The van der Waals surface area contributed by atoms with E-state index < -0.39 is 12.1 Å². The van der Waals surface area contributed by atoms with Crippen LogP contribution < -0.4 is 0 Å². The Morgan fingerprint density at radius 2 is 2.17 bits per heavy atom. The minimum absolute atomic E-state index is 0.249. The summed E-state index contributed by atoms with van der Waals surface area (Å²) in [5, 5.41) is 8.79. The quantitative estimate of drug-likeness (QED) is 0.696. The van der Waals surface area contributed by atoms with Crippen LogP contribution in [0.5, 0.6) is 5.75 Å². The maximum Gasteiger partial charge on any atom is 0.280 e. The molecule has 0 aromatic carbocycles. The van der Waals surface area contributed by atoms with Gasteiger partial charge < -0.3 is 5.11 Å². The summed E-state index contributed by atoms with van der Waals surface area (Å²) in [5.74, 6) is -0.249. The number of hydrogen-bond acceptors (Lipinski definition) is 2. The van der Waals surface area contributed by atoms with Crippen molar-refractivity contribution in [1.29, 1.82) is 0 Å². The molecule has 1 heterocycles. The summed E-state index contributed by atoms with van der Waals surface area (Å²) >= 11 is 5.37. The van der Waals surface area contributed by atoms with Crippen molar-refractivity contribution >= 4 is 11.6 Å². The fraction of sp³-hybridized carbons (Fsp3) is 0.286. The molecule has 0 bridgehead atoms. The van der Waals surface area contributed by atoms with Gasteiger partial charge in [-0.1, -0.05) is 11.6 Å². The number of rotatable bonds is 1. The molecule has 0 aliphatic heterocycles. The zero-order valence-corrected chi connectivity index (χ0v) is 6.94. The summed E-state index contributed by atoms with van der Waals surface area (Å²) < 4.78 is 24.1. The molecule has 66 valence electrons. The predicted molar refractivity (Wildman–Crippen MR) is 40.6 cm³/mol. The minimum atomic E-state index is -2.66. The van der Waals surface area contributed by atoms with Crippen molar-refractivity contribution in [2.24, 2.45) is 0 Å². The van der Waals surface area contributed by atoms with Crippen molar-refractivity contribution in [3.63, 3.8) is 0 Å². The number of aromatic nitrogens is 1. The molecule has 0 radical (unpaired) electrons. The first-order valence-corrected chi connectivity index (χ1v) is 3.54. The van der Waals surface area contributed by atoms with Gasteiger partial charge in [-0.15, -0.1) is 0 Å². The highest BCUT2D eigenvalue weighted by molar-refractivity contribution is 6.30. The highest BCUT2D eigenvalue weighted by atomic mass is 35.5. The molecule has 1 aromatic rings. The van der Waals surface area contributed by atoms with Crippen LogP contribution in [0.25, 0.3) is 0 Å². The Labute approximate surface area is 72.8 Å². The van der Waals surface area contributed by atoms with E-state index in [9.17, 15) is 8.78 Å². The average Bonchev–Trinajstić information content (AvgIpc) is 1.99. The van der Waals surface area contributed by atoms with E-state index in [1.165, 1.54) is 6.92 Å². The Hall–Kier alpha value is -0.900. The monoisotopic (exact) mass is 193 g/mol. The van der Waals surface area contributed by atoms with Gasteiger partial charge in [0, 0.05) is 0 Å². The molecule has 0 atom stereocenters. The Bertz CT molecular complexity index is 280. The van der Waals surface area contributed by atoms with Gasteiger partial charge in [-0.25, -0.2) is 13.8 Å². The van der Waals surface area contributed by atoms with Crippen LogP contribution in [-0.2, 0) is 0 Å². The lowest BCUT2D eigenvalue weighted by molar-refractivity contribution is 0.146. The standard InChI is InChI=1S/C7H6ClF2NO/c1-3-2-4(7(9)10)11-6(8)5(3)12/h2,7,12H,1H3. The molecule has 0 fully saturated rings. The predicted octanol–water partition coefficient (Wildman–Crippen LogP) is 2.69. The topological polar surface area (TPSA) is 33.1 Å². The Morgan fingerprint density at radius 3 is 2.58 bits per heavy atom. The smallest absolute Gasteiger partial charge is 0.280 e. The van der Waals surface area contributed by atoms with Gasteiger partial charge in [0.05, 0.1) is 0 Å². The third-order valence-corrected chi connectivity index (χ3v) is 1.65. The number of nitrogens with zero attached hydrogens (tertiary/aromatic N) is 1. The van der Waals surface area contributed by atoms with E-state index in [2.05, 4.69) is 4.98 Å². The summed E-state index contributed by atoms with van der Waals surface area (Å²) in [6.07, 6.45) is -2.66. The van der Waals surface area contributed by atoms with Crippen LogP contribution in [0.1, 0.15) is 17.7 Å². The minimum Gasteiger partial charge on any atom is -0.505 e. The van der Waals surface area contributed by atoms with Crippen LogP contribution in [0.4, 0.5) is 8.78 Å². The van der Waals surface area contributed by atoms with Crippen molar-refractivity contribution in [2.75, 3.05) is 0 Å². The van der Waals surface area contributed by atoms with E-state index in [1.807, 2.05) is 0 Å². The Balaban J connectivity index is 3.21. The molecule has 5 heteroatoms. The molecule has 0 unspecified atom stereocenters. The first-order chi connectivity index (χ1) is 5.52. The van der Waals surface area contributed by atoms with Crippen LogP contribution in [0.2, 0.25) is 5.15 Å². The molecule has 0 aliphatic carbocycles. The van der Waals surface area contributed by atoms with E-state index in [0.717, 1.165) is 6.07 Å². The molecule has 0 saturated heterocycles. The fourth-order valence-electron chi connectivity index (χ4n) is 0.763. The molecular weight excluding hydrogens is 188 g/mol. The molecule has 2 nitrogen and oxygen atoms in total. The van der Waals surface area contributed by atoms with E-state index in [0.29, 0.717) is 5.56 Å². The summed E-state index contributed by atoms with van der Waals surface area (Å²) in [5.41, 5.74) is -0.124. The van der Waals surface area contributed by atoms with E-state index in [1.54, 1.807) is 0 Å². The number of pyridine rings is 1. The summed E-state index contributed by atoms with van der Waals surface area (Å²) in [6.45, 7) is 1.48. The number of aromatic hydroxyl groups is 1. The van der Waals surface area contributed by atoms with Crippen LogP contribution in [0.15, 0.2) is 6.07 Å². The first-order valence-electron chi connectivity index (χ1n) is 3.16. The molecule has 1 aromatic heterocycles. The van der Waals surface area contributed by atoms with Gasteiger partial charge in [-0.2, -0.15) is 0 Å². The molecule has 0 spiro atoms. The van der Waals surface area contributed by atoms with Gasteiger partial charge in [0.2, 0.25) is 0 Å². The maximum absolute atomic E-state index is 12.1. The molecule has 1 rings (SSSR count). The number of halogens is 3. The lowest BCUT2D eigenvalue weighted by Gasteiger charge is -2.03. The lowest BCUT2D eigenvalue weighted by Crippen LogP contribution is -1.92. The Kier molecular flexibility index (Phi) is 2.47. The average molecular weight is 194 g/mol. The van der Waals surface area contributed by atoms with Crippen LogP contribution in [0, 0.1) is 6.92 Å². The van der Waals surface area contributed by atoms with Crippen LogP contribution >= 0.6 is 11.6 Å². The van der Waals surface area contributed by atoms with Gasteiger partial charge >= 0.3 is 0 Å². The highest BCUT2D eigenvalue weighted by Crippen LogP contribution is 2.28. The van der Waals surface area contributed by atoms with Crippen molar-refractivity contribution in [3.8, 4) is 5.75 Å². The third kappa shape index (κ3) is 1.64. The zero-order chi connectivity index (χ0) is 9.30. The fourth-order valence-corrected chi connectivity index (χ4v) is 1.01. The van der Waals surface area contributed by atoms with E-state index >= 15 is 0 Å². The van der Waals surface area contributed by atoms with Gasteiger partial charge in [0.25, 0.3) is 6.43 Å². The van der Waals surface area contributed by atoms with Gasteiger partial charge in [-0.3, -0.25) is 0 Å². The van der Waals surface area contributed by atoms with E-state index in [4.69, 9.17) is 16.7 Å². The van der Waals surface area contributed by atoms with Gasteiger partial charge in [0.1, 0.15) is 5.69 Å². The lowest BCUT2D eigenvalue weighted by atomic mass is 10.2. The van der Waals surface area contributed by atoms with E-state index in [-0.39, 0.29) is 10.9 Å². The molecule has 1 N–H and O–H groups in total. The van der Waals surface area contributed by atoms with Crippen molar-refractivity contribution in [3.05, 3.63) is 22.5 Å². The SMILES string of the molecule is Cc1cc(C(F)F)nc(Cl)c1O. The number of aryl methyl sites for hydroxylation is 1. The van der Waals surface area contributed by atoms with Crippen molar-refractivity contribution in [1.82, 2.24) is 4.98 Å². The zero-order valence-electron chi connectivity index (χ0n) is 6.18. The largest absolute Gasteiger partial charge is 0.505 e. The molecule has 0 aliphatic rings. The number of alkyl halides is 2.